The topological polar surface area (TPSA) is 64.3 Å². The molecule has 0 bridgehead atoms. The normalized spacial score (nSPS) is 11.0. The lowest BCUT2D eigenvalue weighted by atomic mass is 10.2. The first-order chi connectivity index (χ1) is 13.9. The summed E-state index contributed by atoms with van der Waals surface area (Å²) < 4.78 is 17.3. The lowest BCUT2D eigenvalue weighted by molar-refractivity contribution is -0.132. The van der Waals surface area contributed by atoms with Crippen LogP contribution in [-0.2, 0) is 24.4 Å². The largest absolute Gasteiger partial charge is 0.337 e. The van der Waals surface area contributed by atoms with Crippen LogP contribution in [0, 0.1) is 5.82 Å². The molecule has 0 aliphatic heterocycles. The van der Waals surface area contributed by atoms with E-state index >= 15 is 0 Å². The molecule has 1 amide bonds. The molecule has 0 atom stereocenters. The summed E-state index contributed by atoms with van der Waals surface area (Å²) >= 11 is 3.31. The summed E-state index contributed by atoms with van der Waals surface area (Å²) in [7, 11) is 0. The van der Waals surface area contributed by atoms with Gasteiger partial charge in [-0.2, -0.15) is 0 Å². The van der Waals surface area contributed by atoms with E-state index in [-0.39, 0.29) is 31.1 Å². The Balaban J connectivity index is 1.99. The number of halogens is 2. The van der Waals surface area contributed by atoms with E-state index in [0.29, 0.717) is 23.0 Å². The van der Waals surface area contributed by atoms with Gasteiger partial charge in [-0.25, -0.2) is 9.18 Å². The zero-order chi connectivity index (χ0) is 21.1. The lowest BCUT2D eigenvalue weighted by Gasteiger charge is -2.22. The third-order valence-corrected chi connectivity index (χ3v) is 5.34. The highest BCUT2D eigenvalue weighted by Crippen LogP contribution is 2.18. The first-order valence-electron chi connectivity index (χ1n) is 9.31. The summed E-state index contributed by atoms with van der Waals surface area (Å²) in [5.41, 5.74) is -0.120. The third kappa shape index (κ3) is 4.17. The number of hydrogen-bond donors (Lipinski definition) is 0. The second kappa shape index (κ2) is 8.73. The smallest absolute Gasteiger partial charge is 0.331 e. The second-order valence-corrected chi connectivity index (χ2v) is 7.49. The van der Waals surface area contributed by atoms with Crippen LogP contribution in [0.15, 0.2) is 56.5 Å². The van der Waals surface area contributed by atoms with Crippen molar-refractivity contribution >= 4 is 32.7 Å². The van der Waals surface area contributed by atoms with Gasteiger partial charge in [0.05, 0.1) is 10.9 Å². The van der Waals surface area contributed by atoms with E-state index < -0.39 is 11.5 Å². The minimum atomic E-state index is -0.533. The monoisotopic (exact) mass is 461 g/mol. The summed E-state index contributed by atoms with van der Waals surface area (Å²) in [6.07, 6.45) is 0. The van der Waals surface area contributed by atoms with E-state index in [2.05, 4.69) is 15.9 Å². The highest BCUT2D eigenvalue weighted by Gasteiger charge is 2.19. The SMILES string of the molecule is CCN(Cc1cc(Br)ccc1F)C(=O)Cn1c(=O)n(CC)c(=O)c2ccccc21. The molecule has 3 rings (SSSR count). The van der Waals surface area contributed by atoms with Crippen molar-refractivity contribution in [1.82, 2.24) is 14.0 Å². The number of rotatable bonds is 6. The van der Waals surface area contributed by atoms with Gasteiger partial charge in [0.15, 0.2) is 0 Å². The predicted octanol–water partition coefficient (Wildman–Crippen LogP) is 3.13. The average Bonchev–Trinajstić information content (AvgIpc) is 2.72. The van der Waals surface area contributed by atoms with Crippen molar-refractivity contribution in [3.8, 4) is 0 Å². The first-order valence-corrected chi connectivity index (χ1v) is 10.1. The van der Waals surface area contributed by atoms with Crippen LogP contribution in [-0.4, -0.2) is 26.5 Å². The van der Waals surface area contributed by atoms with Crippen LogP contribution in [0.1, 0.15) is 19.4 Å². The van der Waals surface area contributed by atoms with E-state index in [1.165, 1.54) is 15.5 Å². The molecule has 0 N–H and O–H groups in total. The molecule has 0 unspecified atom stereocenters. The summed E-state index contributed by atoms with van der Waals surface area (Å²) in [5.74, 6) is -0.734. The lowest BCUT2D eigenvalue weighted by Crippen LogP contribution is -2.43. The Morgan fingerprint density at radius 1 is 1.10 bits per heavy atom. The van der Waals surface area contributed by atoms with Crippen LogP contribution in [0.3, 0.4) is 0 Å². The number of fused-ring (bicyclic) bond motifs is 1. The Morgan fingerprint density at radius 3 is 2.52 bits per heavy atom. The van der Waals surface area contributed by atoms with Crippen LogP contribution in [0.4, 0.5) is 4.39 Å². The van der Waals surface area contributed by atoms with Crippen molar-refractivity contribution in [1.29, 1.82) is 0 Å². The van der Waals surface area contributed by atoms with Gasteiger partial charge >= 0.3 is 5.69 Å². The van der Waals surface area contributed by atoms with Crippen molar-refractivity contribution in [2.45, 2.75) is 33.5 Å². The average molecular weight is 462 g/mol. The molecule has 0 spiro atoms. The molecule has 0 aliphatic rings. The van der Waals surface area contributed by atoms with Gasteiger partial charge < -0.3 is 4.90 Å². The first kappa shape index (κ1) is 21.0. The highest BCUT2D eigenvalue weighted by atomic mass is 79.9. The maximum absolute atomic E-state index is 14.1. The van der Waals surface area contributed by atoms with E-state index in [1.54, 1.807) is 50.2 Å². The molecule has 29 heavy (non-hydrogen) atoms. The third-order valence-electron chi connectivity index (χ3n) is 4.85. The van der Waals surface area contributed by atoms with Crippen LogP contribution in [0.5, 0.6) is 0 Å². The number of amides is 1. The number of hydrogen-bond acceptors (Lipinski definition) is 3. The molecule has 1 heterocycles. The van der Waals surface area contributed by atoms with Crippen LogP contribution in [0.25, 0.3) is 10.9 Å². The number of nitrogens with zero attached hydrogens (tertiary/aromatic N) is 3. The molecule has 6 nitrogen and oxygen atoms in total. The highest BCUT2D eigenvalue weighted by molar-refractivity contribution is 9.10. The summed E-state index contributed by atoms with van der Waals surface area (Å²) in [6.45, 7) is 3.91. The Labute approximate surface area is 175 Å². The summed E-state index contributed by atoms with van der Waals surface area (Å²) in [5, 5.41) is 0.378. The summed E-state index contributed by atoms with van der Waals surface area (Å²) in [6, 6.07) is 11.3. The fraction of sp³-hybridized carbons (Fsp3) is 0.286. The minimum Gasteiger partial charge on any atom is -0.337 e. The van der Waals surface area contributed by atoms with Crippen molar-refractivity contribution in [3.05, 3.63) is 79.2 Å². The zero-order valence-electron chi connectivity index (χ0n) is 16.2. The maximum atomic E-state index is 14.1. The van der Waals surface area contributed by atoms with Crippen LogP contribution >= 0.6 is 15.9 Å². The van der Waals surface area contributed by atoms with Gasteiger partial charge in [0, 0.05) is 29.7 Å². The predicted molar refractivity (Wildman–Crippen MR) is 113 cm³/mol. The van der Waals surface area contributed by atoms with Gasteiger partial charge in [-0.05, 0) is 44.2 Å². The molecule has 3 aromatic rings. The van der Waals surface area contributed by atoms with Gasteiger partial charge in [-0.1, -0.05) is 28.1 Å². The van der Waals surface area contributed by atoms with Gasteiger partial charge in [0.1, 0.15) is 12.4 Å². The molecule has 0 aliphatic carbocycles. The Kier molecular flexibility index (Phi) is 6.32. The number of carbonyl (C=O) groups excluding carboxylic acids is 1. The van der Waals surface area contributed by atoms with Crippen molar-refractivity contribution in [2.24, 2.45) is 0 Å². The Morgan fingerprint density at radius 2 is 1.83 bits per heavy atom. The van der Waals surface area contributed by atoms with E-state index in [1.807, 2.05) is 0 Å². The standard InChI is InChI=1S/C21H21BrFN3O3/c1-3-24(12-14-11-15(22)9-10-17(14)23)19(27)13-26-18-8-6-5-7-16(18)20(28)25(4-2)21(26)29/h5-11H,3-4,12-13H2,1-2H3. The van der Waals surface area contributed by atoms with Crippen molar-refractivity contribution in [2.75, 3.05) is 6.54 Å². The minimum absolute atomic E-state index is 0.0840. The molecule has 0 fully saturated rings. The molecular weight excluding hydrogens is 441 g/mol. The van der Waals surface area contributed by atoms with Gasteiger partial charge in [0.2, 0.25) is 5.91 Å². The van der Waals surface area contributed by atoms with Crippen LogP contribution < -0.4 is 11.2 Å². The number of benzene rings is 2. The molecule has 1 aromatic heterocycles. The molecule has 0 saturated heterocycles. The van der Waals surface area contributed by atoms with E-state index in [9.17, 15) is 18.8 Å². The molecule has 2 aromatic carbocycles. The van der Waals surface area contributed by atoms with Crippen molar-refractivity contribution in [3.63, 3.8) is 0 Å². The number of likely N-dealkylation sites (N-methyl/N-ethyl adjacent to an activating group) is 1. The molecule has 0 saturated carbocycles. The zero-order valence-corrected chi connectivity index (χ0v) is 17.8. The van der Waals surface area contributed by atoms with E-state index in [4.69, 9.17) is 0 Å². The van der Waals surface area contributed by atoms with Crippen molar-refractivity contribution < 1.29 is 9.18 Å². The number of carbonyl (C=O) groups is 1. The second-order valence-electron chi connectivity index (χ2n) is 6.58. The van der Waals surface area contributed by atoms with E-state index in [0.717, 1.165) is 9.04 Å². The number of para-hydroxylation sites is 1. The quantitative estimate of drug-likeness (QED) is 0.566. The van der Waals surface area contributed by atoms with Gasteiger partial charge in [-0.15, -0.1) is 0 Å². The summed E-state index contributed by atoms with van der Waals surface area (Å²) in [4.78, 5) is 39.8. The van der Waals surface area contributed by atoms with Gasteiger partial charge in [0.25, 0.3) is 5.56 Å². The van der Waals surface area contributed by atoms with Crippen LogP contribution in [0.2, 0.25) is 0 Å². The molecule has 8 heteroatoms. The molecule has 152 valence electrons. The molecular formula is C21H21BrFN3O3. The Bertz CT molecular complexity index is 1190. The molecule has 0 radical (unpaired) electrons. The fourth-order valence-electron chi connectivity index (χ4n) is 3.28. The Hall–Kier alpha value is -2.74. The maximum Gasteiger partial charge on any atom is 0.331 e. The number of aromatic nitrogens is 2. The van der Waals surface area contributed by atoms with Gasteiger partial charge in [-0.3, -0.25) is 18.7 Å². The fourth-order valence-corrected chi connectivity index (χ4v) is 3.69.